The lowest BCUT2D eigenvalue weighted by Gasteiger charge is -2.20. The Morgan fingerprint density at radius 2 is 1.91 bits per heavy atom. The van der Waals surface area contributed by atoms with Crippen molar-refractivity contribution in [2.75, 3.05) is 19.6 Å². The fourth-order valence-electron chi connectivity index (χ4n) is 6.13. The Balaban J connectivity index is 1.40. The number of benzene rings is 1. The molecule has 11 nitrogen and oxygen atoms in total. The average molecular weight is 619 g/mol. The molecule has 0 radical (unpaired) electrons. The second kappa shape index (κ2) is 12.2. The highest BCUT2D eigenvalue weighted by Crippen LogP contribution is 2.47. The highest BCUT2D eigenvalue weighted by molar-refractivity contribution is 7.89. The van der Waals surface area contributed by atoms with Gasteiger partial charge in [-0.15, -0.1) is 0 Å². The van der Waals surface area contributed by atoms with Crippen LogP contribution in [0.15, 0.2) is 47.8 Å². The maximum Gasteiger partial charge on any atom is 0.253 e. The molecule has 0 unspecified atom stereocenters. The quantitative estimate of drug-likeness (QED) is 0.298. The average Bonchev–Trinajstić information content (AvgIpc) is 3.70. The summed E-state index contributed by atoms with van der Waals surface area (Å²) >= 11 is 0. The SMILES string of the molecule is CC(C)CNS(=O)(=O)c1cc2c(c3cnc(C4CC4)cc13)[C@@H](NC(=O)CCN1CCCC1=O)C[C@@H]2NC(=O)c1cccnc1. The van der Waals surface area contributed by atoms with Gasteiger partial charge in [0.05, 0.1) is 22.5 Å². The van der Waals surface area contributed by atoms with Gasteiger partial charge in [0, 0.05) is 73.5 Å². The van der Waals surface area contributed by atoms with Crippen LogP contribution in [0.1, 0.15) is 97.6 Å². The predicted molar refractivity (Wildman–Crippen MR) is 164 cm³/mol. The smallest absolute Gasteiger partial charge is 0.253 e. The maximum atomic E-state index is 13.8. The van der Waals surface area contributed by atoms with Crippen molar-refractivity contribution in [3.8, 4) is 0 Å². The topological polar surface area (TPSA) is 150 Å². The van der Waals surface area contributed by atoms with Gasteiger partial charge in [-0.3, -0.25) is 24.4 Å². The van der Waals surface area contributed by atoms with Crippen LogP contribution in [0.25, 0.3) is 10.8 Å². The van der Waals surface area contributed by atoms with Crippen molar-refractivity contribution in [1.29, 1.82) is 0 Å². The number of fused-ring (bicyclic) bond motifs is 3. The van der Waals surface area contributed by atoms with Gasteiger partial charge in [-0.25, -0.2) is 13.1 Å². The van der Waals surface area contributed by atoms with Crippen molar-refractivity contribution in [2.45, 2.75) is 75.3 Å². The summed E-state index contributed by atoms with van der Waals surface area (Å²) in [6.07, 6.45) is 8.59. The van der Waals surface area contributed by atoms with E-state index < -0.39 is 22.1 Å². The zero-order valence-electron chi connectivity index (χ0n) is 25.0. The first kappa shape index (κ1) is 30.1. The Bertz CT molecular complexity index is 1710. The molecule has 1 saturated heterocycles. The Labute approximate surface area is 257 Å². The summed E-state index contributed by atoms with van der Waals surface area (Å²) < 4.78 is 30.3. The van der Waals surface area contributed by atoms with E-state index in [1.54, 1.807) is 35.5 Å². The number of amides is 3. The number of aromatic nitrogens is 2. The first-order chi connectivity index (χ1) is 21.1. The van der Waals surface area contributed by atoms with Crippen molar-refractivity contribution in [3.05, 3.63) is 65.2 Å². The summed E-state index contributed by atoms with van der Waals surface area (Å²) in [4.78, 5) is 49.1. The first-order valence-electron chi connectivity index (χ1n) is 15.3. The minimum Gasteiger partial charge on any atom is -0.349 e. The third-order valence-corrected chi connectivity index (χ3v) is 10.0. The number of nitrogens with zero attached hydrogens (tertiary/aromatic N) is 3. The third-order valence-electron chi connectivity index (χ3n) is 8.58. The number of rotatable bonds is 11. The van der Waals surface area contributed by atoms with Gasteiger partial charge in [0.1, 0.15) is 0 Å². The van der Waals surface area contributed by atoms with Gasteiger partial charge in [0.15, 0.2) is 0 Å². The highest BCUT2D eigenvalue weighted by atomic mass is 32.2. The van der Waals surface area contributed by atoms with Crippen molar-refractivity contribution in [3.63, 3.8) is 0 Å². The van der Waals surface area contributed by atoms with E-state index in [4.69, 9.17) is 4.98 Å². The molecule has 12 heteroatoms. The zero-order valence-corrected chi connectivity index (χ0v) is 25.8. The van der Waals surface area contributed by atoms with E-state index in [1.165, 1.54) is 6.20 Å². The van der Waals surface area contributed by atoms with E-state index in [9.17, 15) is 22.8 Å². The first-order valence-corrected chi connectivity index (χ1v) is 16.8. The molecule has 3 heterocycles. The van der Waals surface area contributed by atoms with Gasteiger partial charge in [0.2, 0.25) is 21.8 Å². The molecule has 0 spiro atoms. The largest absolute Gasteiger partial charge is 0.349 e. The van der Waals surface area contributed by atoms with Crippen LogP contribution < -0.4 is 15.4 Å². The minimum absolute atomic E-state index is 0.0607. The lowest BCUT2D eigenvalue weighted by Crippen LogP contribution is -2.33. The van der Waals surface area contributed by atoms with E-state index in [2.05, 4.69) is 20.3 Å². The molecule has 44 heavy (non-hydrogen) atoms. The number of carbonyl (C=O) groups excluding carboxylic acids is 3. The molecule has 2 atom stereocenters. The number of hydrogen-bond donors (Lipinski definition) is 3. The van der Waals surface area contributed by atoms with E-state index in [1.807, 2.05) is 19.9 Å². The predicted octanol–water partition coefficient (Wildman–Crippen LogP) is 3.49. The molecule has 1 aromatic carbocycles. The van der Waals surface area contributed by atoms with Crippen molar-refractivity contribution < 1.29 is 22.8 Å². The third kappa shape index (κ3) is 6.32. The van der Waals surface area contributed by atoms with E-state index in [-0.39, 0.29) is 41.5 Å². The molecular weight excluding hydrogens is 580 g/mol. The van der Waals surface area contributed by atoms with Gasteiger partial charge >= 0.3 is 0 Å². The molecule has 3 aromatic rings. The summed E-state index contributed by atoms with van der Waals surface area (Å²) in [5, 5.41) is 7.36. The number of hydrogen-bond acceptors (Lipinski definition) is 7. The van der Waals surface area contributed by atoms with Crippen molar-refractivity contribution >= 4 is 38.5 Å². The number of pyridine rings is 2. The molecule has 232 valence electrons. The molecule has 2 aromatic heterocycles. The molecule has 6 rings (SSSR count). The molecule has 1 aliphatic heterocycles. The van der Waals surface area contributed by atoms with E-state index >= 15 is 0 Å². The number of likely N-dealkylation sites (tertiary alicyclic amines) is 1. The number of carbonyl (C=O) groups is 3. The fourth-order valence-corrected chi connectivity index (χ4v) is 7.58. The lowest BCUT2D eigenvalue weighted by molar-refractivity contribution is -0.128. The molecule has 0 bridgehead atoms. The Morgan fingerprint density at radius 1 is 1.09 bits per heavy atom. The maximum absolute atomic E-state index is 13.8. The molecule has 1 saturated carbocycles. The zero-order chi connectivity index (χ0) is 31.0. The van der Waals surface area contributed by atoms with Gasteiger partial charge in [-0.05, 0) is 67.0 Å². The highest BCUT2D eigenvalue weighted by Gasteiger charge is 2.38. The van der Waals surface area contributed by atoms with Gasteiger partial charge in [-0.2, -0.15) is 0 Å². The van der Waals surface area contributed by atoms with E-state index in [0.717, 1.165) is 30.5 Å². The fraction of sp³-hybridized carbons (Fsp3) is 0.469. The second-order valence-corrected chi connectivity index (χ2v) is 14.1. The van der Waals surface area contributed by atoms with Crippen LogP contribution in [0.3, 0.4) is 0 Å². The standard InChI is InChI=1S/C32H38N6O5S/c1-19(2)16-35-44(42,43)28-14-23-26(37-32(41)21-5-3-10-33-17-21)15-27(36-29(39)9-12-38-11-4-6-30(38)40)31(23)24-18-34-25(13-22(24)28)20-7-8-20/h3,5,10,13-14,17-20,26-27,35H,4,6-9,11-12,15-16H2,1-2H3,(H,36,39)(H,37,41)/t26-,27-/m0/s1. The van der Waals surface area contributed by atoms with Crippen LogP contribution in [0.2, 0.25) is 0 Å². The lowest BCUT2D eigenvalue weighted by atomic mass is 9.98. The number of nitrogens with one attached hydrogen (secondary N) is 3. The molecule has 3 aliphatic rings. The second-order valence-electron chi connectivity index (χ2n) is 12.4. The summed E-state index contributed by atoms with van der Waals surface area (Å²) in [6, 6.07) is 5.79. The van der Waals surface area contributed by atoms with Gasteiger partial charge < -0.3 is 15.5 Å². The van der Waals surface area contributed by atoms with Gasteiger partial charge in [0.25, 0.3) is 5.91 Å². The van der Waals surface area contributed by atoms with Crippen LogP contribution in [0.5, 0.6) is 0 Å². The van der Waals surface area contributed by atoms with Crippen molar-refractivity contribution in [1.82, 2.24) is 30.2 Å². The Kier molecular flexibility index (Phi) is 8.38. The van der Waals surface area contributed by atoms with Gasteiger partial charge in [-0.1, -0.05) is 13.8 Å². The molecule has 3 N–H and O–H groups in total. The van der Waals surface area contributed by atoms with Crippen molar-refractivity contribution in [2.24, 2.45) is 5.92 Å². The summed E-state index contributed by atoms with van der Waals surface area (Å²) in [6.45, 7) is 5.16. The van der Waals surface area contributed by atoms with E-state index in [0.29, 0.717) is 53.7 Å². The number of sulfonamides is 1. The Hall–Kier alpha value is -3.90. The molecule has 3 amide bonds. The minimum atomic E-state index is -3.92. The molecular formula is C32H38N6O5S. The van der Waals surface area contributed by atoms with Crippen LogP contribution in [0.4, 0.5) is 0 Å². The van der Waals surface area contributed by atoms with Crippen LogP contribution >= 0.6 is 0 Å². The summed E-state index contributed by atoms with van der Waals surface area (Å²) in [7, 11) is -3.92. The Morgan fingerprint density at radius 3 is 2.59 bits per heavy atom. The molecule has 2 aliphatic carbocycles. The summed E-state index contributed by atoms with van der Waals surface area (Å²) in [5.41, 5.74) is 2.60. The monoisotopic (exact) mass is 618 g/mol. The summed E-state index contributed by atoms with van der Waals surface area (Å²) in [5.74, 6) is -0.0899. The normalized spacial score (nSPS) is 19.9. The van der Waals surface area contributed by atoms with Crippen LogP contribution in [-0.4, -0.2) is 60.6 Å². The molecule has 2 fully saturated rings. The van der Waals surface area contributed by atoms with Crippen LogP contribution in [-0.2, 0) is 19.6 Å². The van der Waals surface area contributed by atoms with Crippen LogP contribution in [0, 0.1) is 5.92 Å².